The van der Waals surface area contributed by atoms with Gasteiger partial charge in [-0.3, -0.25) is 9.59 Å². The second kappa shape index (κ2) is 6.30. The van der Waals surface area contributed by atoms with E-state index in [-0.39, 0.29) is 11.5 Å². The Morgan fingerprint density at radius 3 is 2.76 bits per heavy atom. The first kappa shape index (κ1) is 13.6. The highest BCUT2D eigenvalue weighted by Gasteiger charge is 2.27. The molecule has 0 aromatic carbocycles. The Hall–Kier alpha value is -1.48. The third-order valence-electron chi connectivity index (χ3n) is 2.37. The van der Waals surface area contributed by atoms with Gasteiger partial charge in [0.1, 0.15) is 11.6 Å². The Morgan fingerprint density at radius 2 is 2.24 bits per heavy atom. The van der Waals surface area contributed by atoms with Gasteiger partial charge in [0.15, 0.2) is 0 Å². The summed E-state index contributed by atoms with van der Waals surface area (Å²) < 4.78 is 0. The zero-order valence-corrected chi connectivity index (χ0v) is 10.8. The maximum Gasteiger partial charge on any atom is 0.263 e. The van der Waals surface area contributed by atoms with Gasteiger partial charge in [-0.1, -0.05) is 0 Å². The van der Waals surface area contributed by atoms with Crippen molar-refractivity contribution in [2.75, 3.05) is 24.6 Å². The Balaban J connectivity index is 3.09. The largest absolute Gasteiger partial charge is 0.352 e. The van der Waals surface area contributed by atoms with E-state index in [1.807, 2.05) is 13.0 Å². The lowest BCUT2D eigenvalue weighted by molar-refractivity contribution is -0.126. The van der Waals surface area contributed by atoms with Crippen molar-refractivity contribution in [1.29, 1.82) is 5.26 Å². The minimum absolute atomic E-state index is 0.0456. The maximum absolute atomic E-state index is 11.7. The van der Waals surface area contributed by atoms with Crippen LogP contribution in [0.4, 0.5) is 0 Å². The molecule has 1 aliphatic heterocycles. The average molecular weight is 253 g/mol. The summed E-state index contributed by atoms with van der Waals surface area (Å²) in [5, 5.41) is 11.6. The van der Waals surface area contributed by atoms with Gasteiger partial charge in [0, 0.05) is 18.8 Å². The third kappa shape index (κ3) is 3.01. The molecule has 1 saturated heterocycles. The molecule has 1 aliphatic rings. The van der Waals surface area contributed by atoms with Crippen molar-refractivity contribution in [2.45, 2.75) is 13.8 Å². The lowest BCUT2D eigenvalue weighted by Crippen LogP contribution is -2.39. The molecule has 1 rings (SSSR count). The third-order valence-corrected chi connectivity index (χ3v) is 3.30. The number of thioether (sulfide) groups is 1. The van der Waals surface area contributed by atoms with Crippen LogP contribution in [0.3, 0.4) is 0 Å². The summed E-state index contributed by atoms with van der Waals surface area (Å²) in [6.45, 7) is 4.57. The molecule has 92 valence electrons. The molecular formula is C11H15N3O2S. The lowest BCUT2D eigenvalue weighted by atomic mass is 10.2. The lowest BCUT2D eigenvalue weighted by Gasteiger charge is -2.28. The monoisotopic (exact) mass is 253 g/mol. The summed E-state index contributed by atoms with van der Waals surface area (Å²) in [6, 6.07) is 1.90. The zero-order valence-electron chi connectivity index (χ0n) is 9.95. The molecule has 1 fully saturated rings. The quantitative estimate of drug-likeness (QED) is 0.587. The number of carbonyl (C=O) groups is 2. The standard InChI is InChI=1S/C11H15N3O2S/c1-3-13-11(16)8(5-12)9-6-17-7-10(15)14(9)4-2/h3-4,6-7H2,1-2H3,(H,13,16). The van der Waals surface area contributed by atoms with Gasteiger partial charge in [0.05, 0.1) is 11.4 Å². The topological polar surface area (TPSA) is 73.2 Å². The first-order chi connectivity index (χ1) is 8.15. The molecule has 0 aromatic rings. The number of carbonyl (C=O) groups excluding carboxylic acids is 2. The van der Waals surface area contributed by atoms with Gasteiger partial charge in [-0.25, -0.2) is 0 Å². The van der Waals surface area contributed by atoms with Gasteiger partial charge < -0.3 is 10.2 Å². The number of hydrogen-bond acceptors (Lipinski definition) is 4. The molecule has 0 atom stereocenters. The first-order valence-corrected chi connectivity index (χ1v) is 6.60. The van der Waals surface area contributed by atoms with Gasteiger partial charge in [-0.2, -0.15) is 5.26 Å². The van der Waals surface area contributed by atoms with Crippen LogP contribution in [0.1, 0.15) is 13.8 Å². The summed E-state index contributed by atoms with van der Waals surface area (Å²) in [4.78, 5) is 24.9. The van der Waals surface area contributed by atoms with Gasteiger partial charge in [-0.15, -0.1) is 11.8 Å². The molecule has 0 bridgehead atoms. The predicted octanol–water partition coefficient (Wildman–Crippen LogP) is 0.495. The number of nitriles is 1. The average Bonchev–Trinajstić information content (AvgIpc) is 2.30. The van der Waals surface area contributed by atoms with E-state index in [1.165, 1.54) is 16.7 Å². The summed E-state index contributed by atoms with van der Waals surface area (Å²) >= 11 is 1.43. The highest BCUT2D eigenvalue weighted by atomic mass is 32.2. The molecule has 6 heteroatoms. The van der Waals surface area contributed by atoms with Crippen LogP contribution in [0.25, 0.3) is 0 Å². The molecule has 0 unspecified atom stereocenters. The molecule has 0 aromatic heterocycles. The van der Waals surface area contributed by atoms with Crippen molar-refractivity contribution in [3.63, 3.8) is 0 Å². The minimum Gasteiger partial charge on any atom is -0.352 e. The highest BCUT2D eigenvalue weighted by molar-refractivity contribution is 8.00. The van der Waals surface area contributed by atoms with E-state index in [0.29, 0.717) is 30.3 Å². The van der Waals surface area contributed by atoms with Crippen molar-refractivity contribution in [3.05, 3.63) is 11.3 Å². The van der Waals surface area contributed by atoms with Gasteiger partial charge in [0.2, 0.25) is 5.91 Å². The van der Waals surface area contributed by atoms with E-state index in [2.05, 4.69) is 5.32 Å². The van der Waals surface area contributed by atoms with Crippen molar-refractivity contribution >= 4 is 23.6 Å². The minimum atomic E-state index is -0.404. The fraction of sp³-hybridized carbons (Fsp3) is 0.545. The first-order valence-electron chi connectivity index (χ1n) is 5.45. The van der Waals surface area contributed by atoms with E-state index in [9.17, 15) is 9.59 Å². The highest BCUT2D eigenvalue weighted by Crippen LogP contribution is 2.23. The molecule has 5 nitrogen and oxygen atoms in total. The molecule has 2 amide bonds. The maximum atomic E-state index is 11.7. The zero-order chi connectivity index (χ0) is 12.8. The van der Waals surface area contributed by atoms with E-state index >= 15 is 0 Å². The van der Waals surface area contributed by atoms with Crippen LogP contribution >= 0.6 is 11.8 Å². The normalized spacial score (nSPS) is 18.6. The molecule has 0 saturated carbocycles. The molecule has 1 heterocycles. The van der Waals surface area contributed by atoms with E-state index in [0.717, 1.165) is 0 Å². The number of rotatable bonds is 3. The fourth-order valence-electron chi connectivity index (χ4n) is 1.61. The van der Waals surface area contributed by atoms with Crippen molar-refractivity contribution in [2.24, 2.45) is 0 Å². The second-order valence-corrected chi connectivity index (χ2v) is 4.41. The number of amides is 2. The number of hydrogen-bond donors (Lipinski definition) is 1. The van der Waals surface area contributed by atoms with Crippen LogP contribution in [-0.2, 0) is 9.59 Å². The number of nitrogens with zero attached hydrogens (tertiary/aromatic N) is 2. The second-order valence-electron chi connectivity index (χ2n) is 3.42. The summed E-state index contributed by atoms with van der Waals surface area (Å²) in [5.74, 6) is 0.486. The Labute approximate surface area is 105 Å². The van der Waals surface area contributed by atoms with Crippen LogP contribution in [0.5, 0.6) is 0 Å². The van der Waals surface area contributed by atoms with Crippen LogP contribution < -0.4 is 5.32 Å². The van der Waals surface area contributed by atoms with Gasteiger partial charge in [-0.05, 0) is 13.8 Å². The van der Waals surface area contributed by atoms with Crippen molar-refractivity contribution in [1.82, 2.24) is 10.2 Å². The Kier molecular flexibility index (Phi) is 5.04. The van der Waals surface area contributed by atoms with Crippen LogP contribution in [-0.4, -0.2) is 41.3 Å². The number of nitrogens with one attached hydrogen (secondary N) is 1. The van der Waals surface area contributed by atoms with Crippen LogP contribution in [0, 0.1) is 11.3 Å². The van der Waals surface area contributed by atoms with Crippen molar-refractivity contribution < 1.29 is 9.59 Å². The molecule has 1 N–H and O–H groups in total. The fourth-order valence-corrected chi connectivity index (χ4v) is 2.54. The van der Waals surface area contributed by atoms with Gasteiger partial charge >= 0.3 is 0 Å². The smallest absolute Gasteiger partial charge is 0.263 e. The van der Waals surface area contributed by atoms with E-state index < -0.39 is 5.91 Å². The molecular weight excluding hydrogens is 238 g/mol. The summed E-state index contributed by atoms with van der Waals surface area (Å²) in [6.07, 6.45) is 0. The van der Waals surface area contributed by atoms with Gasteiger partial charge in [0.25, 0.3) is 5.91 Å². The number of likely N-dealkylation sites (N-methyl/N-ethyl adjacent to an activating group) is 1. The molecule has 0 aliphatic carbocycles. The molecule has 0 radical (unpaired) electrons. The summed E-state index contributed by atoms with van der Waals surface area (Å²) in [7, 11) is 0. The van der Waals surface area contributed by atoms with E-state index in [1.54, 1.807) is 6.92 Å². The summed E-state index contributed by atoms with van der Waals surface area (Å²) in [5.41, 5.74) is 0.580. The molecule has 0 spiro atoms. The Morgan fingerprint density at radius 1 is 1.53 bits per heavy atom. The Bertz CT molecular complexity index is 398. The molecule has 17 heavy (non-hydrogen) atoms. The van der Waals surface area contributed by atoms with Crippen molar-refractivity contribution in [3.8, 4) is 6.07 Å². The predicted molar refractivity (Wildman–Crippen MR) is 66.0 cm³/mol. The van der Waals surface area contributed by atoms with Crippen LogP contribution in [0.15, 0.2) is 11.3 Å². The SMILES string of the molecule is CCNC(=O)C(C#N)=C1CSCC(=O)N1CC. The van der Waals surface area contributed by atoms with E-state index in [4.69, 9.17) is 5.26 Å². The van der Waals surface area contributed by atoms with Crippen LogP contribution in [0.2, 0.25) is 0 Å².